The van der Waals surface area contributed by atoms with Crippen LogP contribution < -0.4 is 5.73 Å². The Morgan fingerprint density at radius 1 is 1.35 bits per heavy atom. The number of likely N-dealkylation sites (tertiary alicyclic amines) is 2. The van der Waals surface area contributed by atoms with E-state index in [1.165, 1.54) is 25.8 Å². The SMILES string of the molecule is CC1CCCCN1CCN1CC(CN)CC1=O. The van der Waals surface area contributed by atoms with Gasteiger partial charge in [-0.2, -0.15) is 0 Å². The molecule has 0 bridgehead atoms. The number of carbonyl (C=O) groups is 1. The highest BCUT2D eigenvalue weighted by molar-refractivity contribution is 5.78. The van der Waals surface area contributed by atoms with Gasteiger partial charge in [-0.1, -0.05) is 6.42 Å². The van der Waals surface area contributed by atoms with E-state index in [9.17, 15) is 4.79 Å². The van der Waals surface area contributed by atoms with Crippen molar-refractivity contribution in [2.45, 2.75) is 38.6 Å². The van der Waals surface area contributed by atoms with Gasteiger partial charge in [-0.25, -0.2) is 0 Å². The number of amides is 1. The fourth-order valence-electron chi connectivity index (χ4n) is 2.97. The lowest BCUT2D eigenvalue weighted by molar-refractivity contribution is -0.128. The molecule has 4 nitrogen and oxygen atoms in total. The summed E-state index contributed by atoms with van der Waals surface area (Å²) in [5, 5.41) is 0. The van der Waals surface area contributed by atoms with Crippen LogP contribution in [0.2, 0.25) is 0 Å². The Hall–Kier alpha value is -0.610. The number of hydrogen-bond acceptors (Lipinski definition) is 3. The molecule has 17 heavy (non-hydrogen) atoms. The van der Waals surface area contributed by atoms with Crippen LogP contribution in [0.1, 0.15) is 32.6 Å². The molecule has 2 heterocycles. The summed E-state index contributed by atoms with van der Waals surface area (Å²) in [6.07, 6.45) is 4.63. The molecule has 98 valence electrons. The Kier molecular flexibility index (Phi) is 4.40. The molecular weight excluding hydrogens is 214 g/mol. The van der Waals surface area contributed by atoms with Crippen molar-refractivity contribution in [3.05, 3.63) is 0 Å². The quantitative estimate of drug-likeness (QED) is 0.784. The Bertz CT molecular complexity index is 269. The van der Waals surface area contributed by atoms with E-state index in [1.54, 1.807) is 0 Å². The predicted octanol–water partition coefficient (Wildman–Crippen LogP) is 0.668. The second-order valence-corrected chi connectivity index (χ2v) is 5.53. The van der Waals surface area contributed by atoms with Crippen LogP contribution >= 0.6 is 0 Å². The first-order valence-corrected chi connectivity index (χ1v) is 6.92. The molecule has 2 fully saturated rings. The van der Waals surface area contributed by atoms with Crippen molar-refractivity contribution in [1.82, 2.24) is 9.80 Å². The summed E-state index contributed by atoms with van der Waals surface area (Å²) in [7, 11) is 0. The fourth-order valence-corrected chi connectivity index (χ4v) is 2.97. The van der Waals surface area contributed by atoms with Gasteiger partial charge >= 0.3 is 0 Å². The Morgan fingerprint density at radius 3 is 2.82 bits per heavy atom. The fraction of sp³-hybridized carbons (Fsp3) is 0.923. The van der Waals surface area contributed by atoms with Crippen LogP contribution in [-0.4, -0.2) is 54.5 Å². The molecule has 1 amide bonds. The van der Waals surface area contributed by atoms with E-state index in [1.807, 2.05) is 4.90 Å². The van der Waals surface area contributed by atoms with Gasteiger partial charge in [-0.15, -0.1) is 0 Å². The van der Waals surface area contributed by atoms with Crippen molar-refractivity contribution in [3.8, 4) is 0 Å². The van der Waals surface area contributed by atoms with E-state index >= 15 is 0 Å². The smallest absolute Gasteiger partial charge is 0.223 e. The number of hydrogen-bond donors (Lipinski definition) is 1. The number of carbonyl (C=O) groups excluding carboxylic acids is 1. The molecule has 0 aromatic heterocycles. The normalized spacial score (nSPS) is 31.2. The van der Waals surface area contributed by atoms with Gasteiger partial charge in [0.15, 0.2) is 0 Å². The van der Waals surface area contributed by atoms with Gasteiger partial charge in [0.1, 0.15) is 0 Å². The molecule has 4 heteroatoms. The Morgan fingerprint density at radius 2 is 2.18 bits per heavy atom. The molecule has 0 aromatic carbocycles. The zero-order chi connectivity index (χ0) is 12.3. The van der Waals surface area contributed by atoms with Crippen LogP contribution in [0.25, 0.3) is 0 Å². The molecule has 2 aliphatic heterocycles. The third kappa shape index (κ3) is 3.19. The van der Waals surface area contributed by atoms with Gasteiger partial charge in [0.05, 0.1) is 0 Å². The summed E-state index contributed by atoms with van der Waals surface area (Å²) in [5.41, 5.74) is 5.63. The first-order valence-electron chi connectivity index (χ1n) is 6.92. The minimum absolute atomic E-state index is 0.296. The Labute approximate surface area is 104 Å². The maximum absolute atomic E-state index is 11.7. The van der Waals surface area contributed by atoms with Gasteiger partial charge in [0.2, 0.25) is 5.91 Å². The minimum Gasteiger partial charge on any atom is -0.341 e. The summed E-state index contributed by atoms with van der Waals surface area (Å²) < 4.78 is 0. The van der Waals surface area contributed by atoms with Gasteiger partial charge in [-0.3, -0.25) is 9.69 Å². The zero-order valence-electron chi connectivity index (χ0n) is 10.9. The third-order valence-electron chi connectivity index (χ3n) is 4.23. The Balaban J connectivity index is 1.76. The first-order chi connectivity index (χ1) is 8.20. The van der Waals surface area contributed by atoms with E-state index in [2.05, 4.69) is 11.8 Å². The number of nitrogens with two attached hydrogens (primary N) is 1. The maximum atomic E-state index is 11.7. The van der Waals surface area contributed by atoms with Crippen LogP contribution in [0, 0.1) is 5.92 Å². The minimum atomic E-state index is 0.296. The molecule has 0 spiro atoms. The topological polar surface area (TPSA) is 49.6 Å². The number of rotatable bonds is 4. The molecule has 0 aromatic rings. The van der Waals surface area contributed by atoms with Crippen LogP contribution in [0.4, 0.5) is 0 Å². The zero-order valence-corrected chi connectivity index (χ0v) is 10.9. The van der Waals surface area contributed by atoms with Crippen molar-refractivity contribution in [1.29, 1.82) is 0 Å². The average Bonchev–Trinajstić information content (AvgIpc) is 2.69. The van der Waals surface area contributed by atoms with E-state index in [0.29, 0.717) is 30.8 Å². The molecule has 2 rings (SSSR count). The highest BCUT2D eigenvalue weighted by atomic mass is 16.2. The summed E-state index contributed by atoms with van der Waals surface area (Å²) in [5.74, 6) is 0.686. The molecule has 2 aliphatic rings. The summed E-state index contributed by atoms with van der Waals surface area (Å²) >= 11 is 0. The standard InChI is InChI=1S/C13H25N3O/c1-11-4-2-3-5-15(11)6-7-16-10-12(9-14)8-13(16)17/h11-12H,2-10,14H2,1H3. The van der Waals surface area contributed by atoms with Crippen LogP contribution in [0.15, 0.2) is 0 Å². The van der Waals surface area contributed by atoms with Crippen molar-refractivity contribution >= 4 is 5.91 Å². The molecule has 2 atom stereocenters. The lowest BCUT2D eigenvalue weighted by Gasteiger charge is -2.34. The molecule has 2 saturated heterocycles. The average molecular weight is 239 g/mol. The summed E-state index contributed by atoms with van der Waals surface area (Å²) in [6, 6.07) is 0.687. The van der Waals surface area contributed by atoms with Gasteiger partial charge in [-0.05, 0) is 38.8 Å². The monoisotopic (exact) mass is 239 g/mol. The summed E-state index contributed by atoms with van der Waals surface area (Å²) in [6.45, 7) is 6.93. The van der Waals surface area contributed by atoms with E-state index in [4.69, 9.17) is 5.73 Å². The second-order valence-electron chi connectivity index (χ2n) is 5.53. The lowest BCUT2D eigenvalue weighted by atomic mass is 10.0. The van der Waals surface area contributed by atoms with Crippen molar-refractivity contribution in [3.63, 3.8) is 0 Å². The molecular formula is C13H25N3O. The van der Waals surface area contributed by atoms with Gasteiger partial charge in [0, 0.05) is 32.1 Å². The van der Waals surface area contributed by atoms with Gasteiger partial charge in [0.25, 0.3) is 0 Å². The lowest BCUT2D eigenvalue weighted by Crippen LogP contribution is -2.43. The molecule has 2 N–H and O–H groups in total. The number of nitrogens with zero attached hydrogens (tertiary/aromatic N) is 2. The van der Waals surface area contributed by atoms with E-state index in [-0.39, 0.29) is 0 Å². The van der Waals surface area contributed by atoms with Gasteiger partial charge < -0.3 is 10.6 Å². The van der Waals surface area contributed by atoms with Crippen molar-refractivity contribution in [2.24, 2.45) is 11.7 Å². The third-order valence-corrected chi connectivity index (χ3v) is 4.23. The van der Waals surface area contributed by atoms with Crippen LogP contribution in [0.3, 0.4) is 0 Å². The van der Waals surface area contributed by atoms with E-state index in [0.717, 1.165) is 19.6 Å². The van der Waals surface area contributed by atoms with Crippen LogP contribution in [-0.2, 0) is 4.79 Å². The first kappa shape index (κ1) is 12.8. The molecule has 0 radical (unpaired) electrons. The highest BCUT2D eigenvalue weighted by Gasteiger charge is 2.29. The van der Waals surface area contributed by atoms with Crippen LogP contribution in [0.5, 0.6) is 0 Å². The highest BCUT2D eigenvalue weighted by Crippen LogP contribution is 2.19. The second kappa shape index (κ2) is 5.83. The molecule has 0 saturated carbocycles. The largest absolute Gasteiger partial charge is 0.341 e. The van der Waals surface area contributed by atoms with E-state index < -0.39 is 0 Å². The predicted molar refractivity (Wildman–Crippen MR) is 68.6 cm³/mol. The number of piperidine rings is 1. The summed E-state index contributed by atoms with van der Waals surface area (Å²) in [4.78, 5) is 16.3. The van der Waals surface area contributed by atoms with Crippen molar-refractivity contribution < 1.29 is 4.79 Å². The molecule has 2 unspecified atom stereocenters. The molecule has 0 aliphatic carbocycles. The van der Waals surface area contributed by atoms with Crippen molar-refractivity contribution in [2.75, 3.05) is 32.7 Å². The maximum Gasteiger partial charge on any atom is 0.223 e.